The van der Waals surface area contributed by atoms with Gasteiger partial charge in [0.05, 0.1) is 11.8 Å². The van der Waals surface area contributed by atoms with Gasteiger partial charge < -0.3 is 15.5 Å². The summed E-state index contributed by atoms with van der Waals surface area (Å²) in [5.41, 5.74) is 7.47. The fraction of sp³-hybridized carbons (Fsp3) is 0.143. The fourth-order valence-electron chi connectivity index (χ4n) is 2.04. The van der Waals surface area contributed by atoms with E-state index in [9.17, 15) is 4.79 Å². The number of nitrogens with two attached hydrogens (primary N) is 1. The number of hydrogen-bond donors (Lipinski definition) is 3. The lowest BCUT2D eigenvalue weighted by Crippen LogP contribution is -2.26. The first-order chi connectivity index (χ1) is 9.74. The molecule has 2 heterocycles. The number of nitrogens with one attached hydrogen (secondary N) is 2. The van der Waals surface area contributed by atoms with Crippen LogP contribution < -0.4 is 11.1 Å². The highest BCUT2D eigenvalue weighted by atomic mass is 16.3. The summed E-state index contributed by atoms with van der Waals surface area (Å²) < 4.78 is 5.20. The predicted molar refractivity (Wildman–Crippen MR) is 75.3 cm³/mol. The van der Waals surface area contributed by atoms with Crippen molar-refractivity contribution in [3.8, 4) is 0 Å². The van der Waals surface area contributed by atoms with Gasteiger partial charge in [-0.1, -0.05) is 0 Å². The van der Waals surface area contributed by atoms with Crippen molar-refractivity contribution in [3.63, 3.8) is 0 Å². The molecule has 1 aromatic carbocycles. The summed E-state index contributed by atoms with van der Waals surface area (Å²) in [5, 5.41) is 10.4. The Morgan fingerprint density at radius 3 is 3.10 bits per heavy atom. The third-order valence-electron chi connectivity index (χ3n) is 3.04. The molecular formula is C14H14N4O2. The van der Waals surface area contributed by atoms with Crippen molar-refractivity contribution < 1.29 is 9.21 Å². The number of amides is 1. The number of hydrogen-bond acceptors (Lipinski definition) is 4. The second-order valence-electron chi connectivity index (χ2n) is 4.46. The number of furan rings is 1. The quantitative estimate of drug-likeness (QED) is 0.629. The third-order valence-corrected chi connectivity index (χ3v) is 3.04. The lowest BCUT2D eigenvalue weighted by Gasteiger charge is -2.02. The number of benzene rings is 1. The Morgan fingerprint density at radius 2 is 2.30 bits per heavy atom. The molecule has 2 aromatic heterocycles. The van der Waals surface area contributed by atoms with Crippen LogP contribution in [0.1, 0.15) is 16.2 Å². The Bertz CT molecular complexity index is 731. The number of nitrogens with zero attached hydrogens (tertiary/aromatic N) is 1. The van der Waals surface area contributed by atoms with E-state index < -0.39 is 0 Å². The van der Waals surface area contributed by atoms with Crippen molar-refractivity contribution in [2.45, 2.75) is 6.42 Å². The van der Waals surface area contributed by atoms with Gasteiger partial charge in [0.1, 0.15) is 5.76 Å². The normalized spacial score (nSPS) is 10.8. The summed E-state index contributed by atoms with van der Waals surface area (Å²) >= 11 is 0. The maximum atomic E-state index is 12.1. The van der Waals surface area contributed by atoms with Gasteiger partial charge in [0.25, 0.3) is 5.91 Å². The molecule has 0 saturated heterocycles. The minimum absolute atomic E-state index is 0.228. The topological polar surface area (TPSA) is 96.9 Å². The molecule has 3 aromatic rings. The minimum Gasteiger partial charge on any atom is -0.469 e. The van der Waals surface area contributed by atoms with Gasteiger partial charge in [-0.25, -0.2) is 0 Å². The van der Waals surface area contributed by atoms with Crippen LogP contribution in [0.2, 0.25) is 0 Å². The van der Waals surface area contributed by atoms with Gasteiger partial charge in [-0.2, -0.15) is 5.10 Å². The summed E-state index contributed by atoms with van der Waals surface area (Å²) in [7, 11) is 0. The van der Waals surface area contributed by atoms with E-state index >= 15 is 0 Å². The molecule has 0 fully saturated rings. The van der Waals surface area contributed by atoms with E-state index in [0.29, 0.717) is 24.3 Å². The Morgan fingerprint density at radius 1 is 1.40 bits per heavy atom. The monoisotopic (exact) mass is 270 g/mol. The lowest BCUT2D eigenvalue weighted by molar-refractivity contribution is 0.0950. The van der Waals surface area contributed by atoms with Crippen molar-refractivity contribution in [2.24, 2.45) is 0 Å². The first-order valence-corrected chi connectivity index (χ1v) is 6.28. The molecule has 6 heteroatoms. The number of carbonyl (C=O) groups excluding carboxylic acids is 1. The molecule has 102 valence electrons. The molecule has 0 saturated carbocycles. The highest BCUT2D eigenvalue weighted by Gasteiger charge is 2.13. The van der Waals surface area contributed by atoms with Crippen LogP contribution in [0.15, 0.2) is 41.0 Å². The largest absolute Gasteiger partial charge is 0.469 e. The summed E-state index contributed by atoms with van der Waals surface area (Å²) in [5.74, 6) is 0.606. The van der Waals surface area contributed by atoms with Crippen LogP contribution in [0.25, 0.3) is 10.9 Å². The first kappa shape index (κ1) is 12.3. The number of anilines is 1. The average molecular weight is 270 g/mol. The van der Waals surface area contributed by atoms with E-state index in [0.717, 1.165) is 16.7 Å². The summed E-state index contributed by atoms with van der Waals surface area (Å²) in [6.07, 6.45) is 2.25. The smallest absolute Gasteiger partial charge is 0.272 e. The van der Waals surface area contributed by atoms with Gasteiger partial charge in [-0.15, -0.1) is 0 Å². The molecule has 20 heavy (non-hydrogen) atoms. The van der Waals surface area contributed by atoms with Crippen LogP contribution in [-0.4, -0.2) is 22.6 Å². The SMILES string of the molecule is Nc1ccc2[nH]nc(C(=O)NCCc3ccco3)c2c1. The molecule has 0 aliphatic carbocycles. The van der Waals surface area contributed by atoms with Crippen molar-refractivity contribution in [1.29, 1.82) is 0 Å². The van der Waals surface area contributed by atoms with E-state index in [-0.39, 0.29) is 5.91 Å². The molecule has 0 spiro atoms. The zero-order valence-electron chi connectivity index (χ0n) is 10.7. The van der Waals surface area contributed by atoms with Crippen molar-refractivity contribution in [1.82, 2.24) is 15.5 Å². The standard InChI is InChI=1S/C14H14N4O2/c15-9-3-4-12-11(8-9)13(18-17-12)14(19)16-6-5-10-2-1-7-20-10/h1-4,7-8H,5-6,15H2,(H,16,19)(H,17,18). The summed E-state index contributed by atoms with van der Waals surface area (Å²) in [4.78, 5) is 12.1. The number of H-pyrrole nitrogens is 1. The molecule has 0 bridgehead atoms. The van der Waals surface area contributed by atoms with Crippen LogP contribution in [0.3, 0.4) is 0 Å². The average Bonchev–Trinajstić information content (AvgIpc) is 3.07. The van der Waals surface area contributed by atoms with Crippen LogP contribution in [0.4, 0.5) is 5.69 Å². The first-order valence-electron chi connectivity index (χ1n) is 6.28. The maximum Gasteiger partial charge on any atom is 0.272 e. The number of aromatic nitrogens is 2. The molecule has 0 unspecified atom stereocenters. The van der Waals surface area contributed by atoms with E-state index in [2.05, 4.69) is 15.5 Å². The molecule has 6 nitrogen and oxygen atoms in total. The Balaban J connectivity index is 1.70. The number of fused-ring (bicyclic) bond motifs is 1. The molecule has 1 amide bonds. The van der Waals surface area contributed by atoms with Gasteiger partial charge >= 0.3 is 0 Å². The van der Waals surface area contributed by atoms with E-state index in [1.54, 1.807) is 24.5 Å². The van der Waals surface area contributed by atoms with Crippen LogP contribution in [-0.2, 0) is 6.42 Å². The van der Waals surface area contributed by atoms with E-state index in [4.69, 9.17) is 10.2 Å². The zero-order chi connectivity index (χ0) is 13.9. The van der Waals surface area contributed by atoms with Gasteiger partial charge in [-0.3, -0.25) is 9.89 Å². The van der Waals surface area contributed by atoms with Gasteiger partial charge in [0, 0.05) is 24.0 Å². The van der Waals surface area contributed by atoms with Crippen LogP contribution in [0.5, 0.6) is 0 Å². The number of nitrogen functional groups attached to an aromatic ring is 1. The van der Waals surface area contributed by atoms with Gasteiger partial charge in [-0.05, 0) is 30.3 Å². The number of aromatic amines is 1. The Labute approximate surface area is 115 Å². The summed E-state index contributed by atoms with van der Waals surface area (Å²) in [6.45, 7) is 0.489. The maximum absolute atomic E-state index is 12.1. The van der Waals surface area contributed by atoms with Gasteiger partial charge in [0.2, 0.25) is 0 Å². The lowest BCUT2D eigenvalue weighted by atomic mass is 10.2. The van der Waals surface area contributed by atoms with Crippen molar-refractivity contribution in [2.75, 3.05) is 12.3 Å². The Kier molecular flexibility index (Phi) is 3.12. The van der Waals surface area contributed by atoms with E-state index in [1.165, 1.54) is 0 Å². The van der Waals surface area contributed by atoms with Crippen LogP contribution >= 0.6 is 0 Å². The highest BCUT2D eigenvalue weighted by molar-refractivity contribution is 6.05. The Hall–Kier alpha value is -2.76. The third kappa shape index (κ3) is 2.35. The second kappa shape index (κ2) is 5.08. The van der Waals surface area contributed by atoms with E-state index in [1.807, 2.05) is 12.1 Å². The molecule has 0 radical (unpaired) electrons. The molecule has 0 atom stereocenters. The molecular weight excluding hydrogens is 256 g/mol. The summed E-state index contributed by atoms with van der Waals surface area (Å²) in [6, 6.07) is 8.99. The highest BCUT2D eigenvalue weighted by Crippen LogP contribution is 2.18. The molecule has 0 aliphatic heterocycles. The second-order valence-corrected chi connectivity index (χ2v) is 4.46. The number of carbonyl (C=O) groups is 1. The minimum atomic E-state index is -0.228. The number of rotatable bonds is 4. The molecule has 4 N–H and O–H groups in total. The predicted octanol–water partition coefficient (Wildman–Crippen LogP) is 1.71. The van der Waals surface area contributed by atoms with Crippen molar-refractivity contribution >= 4 is 22.5 Å². The van der Waals surface area contributed by atoms with Crippen LogP contribution in [0, 0.1) is 0 Å². The van der Waals surface area contributed by atoms with Gasteiger partial charge in [0.15, 0.2) is 5.69 Å². The fourth-order valence-corrected chi connectivity index (χ4v) is 2.04. The zero-order valence-corrected chi connectivity index (χ0v) is 10.7. The molecule has 3 rings (SSSR count). The molecule has 0 aliphatic rings. The van der Waals surface area contributed by atoms with Crippen molar-refractivity contribution in [3.05, 3.63) is 48.0 Å².